The molecule has 2 aromatic heterocycles. The number of unbranched alkanes of at least 4 members (excludes halogenated alkanes) is 1. The fourth-order valence-electron chi connectivity index (χ4n) is 8.38. The number of aromatic amines is 2. The van der Waals surface area contributed by atoms with Gasteiger partial charge >= 0.3 is 0 Å². The standard InChI is InChI=1S/C52H72N16O8/c1-29(2)44(45(55)70)68-46(71)30(3)63-49(74)39(15-8-9-19-53)64-43(69)27-61-48(73)42(23-34-25-60-38-14-7-6-13-36(34)38)67-50(75)40(16-10-20-59-52(56)57)65-51(76)41(66-47(72)37(54)24-35-26-58-28-62-35)22-31-17-18-32-11-4-5-12-33(32)21-31/h4-7,11-14,17-18,21,25-26,28-30,37,39-42,44,60H,8-10,15-16,19-20,22-24,27,53-54H2,1-3H3,(H2,55,70)(H,58,62)(H,61,73)(H,63,74)(H,64,69)(H,65,76)(H,66,72)(H,67,75)(H,68,71)(H4,56,57,59)/t30-,37-,39-,40-,41+,42-,44-/m0/s1. The molecule has 0 saturated carbocycles. The van der Waals surface area contributed by atoms with Gasteiger partial charge in [0.1, 0.15) is 36.3 Å². The number of primary amides is 1. The van der Waals surface area contributed by atoms with E-state index in [1.165, 1.54) is 19.4 Å². The quantitative estimate of drug-likeness (QED) is 0.0146. The van der Waals surface area contributed by atoms with Crippen molar-refractivity contribution in [1.82, 2.24) is 52.2 Å². The van der Waals surface area contributed by atoms with Gasteiger partial charge in [-0.1, -0.05) is 74.5 Å². The van der Waals surface area contributed by atoms with Gasteiger partial charge in [-0.05, 0) is 79.5 Å². The lowest BCUT2D eigenvalue weighted by atomic mass is 9.99. The number of H-pyrrole nitrogens is 2. The van der Waals surface area contributed by atoms with E-state index in [2.05, 4.69) is 57.2 Å². The maximum Gasteiger partial charge on any atom is 0.243 e. The fourth-order valence-corrected chi connectivity index (χ4v) is 8.38. The third kappa shape index (κ3) is 17.9. The second-order valence-electron chi connectivity index (χ2n) is 19.0. The van der Waals surface area contributed by atoms with Gasteiger partial charge in [-0.2, -0.15) is 0 Å². The van der Waals surface area contributed by atoms with Gasteiger partial charge in [0.2, 0.25) is 47.3 Å². The Morgan fingerprint density at radius 1 is 0.645 bits per heavy atom. The zero-order chi connectivity index (χ0) is 55.3. The number of nitrogens with one attached hydrogen (secondary N) is 9. The van der Waals surface area contributed by atoms with Gasteiger partial charge in [0, 0.05) is 54.8 Å². The Balaban J connectivity index is 1.36. The van der Waals surface area contributed by atoms with E-state index in [4.69, 9.17) is 28.7 Å². The number of benzene rings is 3. The summed E-state index contributed by atoms with van der Waals surface area (Å²) in [6.07, 6.45) is 5.96. The first-order valence-corrected chi connectivity index (χ1v) is 25.2. The molecule has 7 atom stereocenters. The number of carbonyl (C=O) groups excluding carboxylic acids is 8. The Labute approximate surface area is 440 Å². The zero-order valence-corrected chi connectivity index (χ0v) is 43.0. The van der Waals surface area contributed by atoms with Crippen LogP contribution < -0.4 is 65.9 Å². The van der Waals surface area contributed by atoms with E-state index < -0.39 is 96.1 Å². The Morgan fingerprint density at radius 3 is 1.99 bits per heavy atom. The maximum atomic E-state index is 14.6. The highest BCUT2D eigenvalue weighted by molar-refractivity contribution is 5.97. The molecule has 0 spiro atoms. The third-order valence-electron chi connectivity index (χ3n) is 12.6. The van der Waals surface area contributed by atoms with Gasteiger partial charge in [-0.15, -0.1) is 0 Å². The van der Waals surface area contributed by atoms with Crippen LogP contribution in [-0.4, -0.2) is 130 Å². The Bertz CT molecular complexity index is 2810. The fraction of sp³-hybridized carbons (Fsp3) is 0.423. The van der Waals surface area contributed by atoms with Crippen LogP contribution in [0.1, 0.15) is 69.7 Å². The van der Waals surface area contributed by atoms with Crippen molar-refractivity contribution in [2.75, 3.05) is 19.6 Å². The molecule has 0 bridgehead atoms. The van der Waals surface area contributed by atoms with Crippen molar-refractivity contribution >= 4 is 74.9 Å². The second kappa shape index (κ2) is 28.9. The molecule has 0 radical (unpaired) electrons. The monoisotopic (exact) mass is 1050 g/mol. The van der Waals surface area contributed by atoms with Crippen LogP contribution >= 0.6 is 0 Å². The minimum absolute atomic E-state index is 0.00868. The van der Waals surface area contributed by atoms with E-state index in [-0.39, 0.29) is 56.9 Å². The summed E-state index contributed by atoms with van der Waals surface area (Å²) >= 11 is 0. The van der Waals surface area contributed by atoms with Crippen LogP contribution in [0.25, 0.3) is 21.7 Å². The van der Waals surface area contributed by atoms with E-state index >= 15 is 0 Å². The van der Waals surface area contributed by atoms with E-state index in [0.717, 1.165) is 21.7 Å². The summed E-state index contributed by atoms with van der Waals surface area (Å²) in [5.41, 5.74) is 31.4. The highest BCUT2D eigenvalue weighted by atomic mass is 16.2. The summed E-state index contributed by atoms with van der Waals surface area (Å²) in [4.78, 5) is 123. The molecule has 24 nitrogen and oxygen atoms in total. The van der Waals surface area contributed by atoms with Gasteiger partial charge in [-0.25, -0.2) is 4.98 Å². The average Bonchev–Trinajstić information content (AvgIpc) is 4.07. The number of amides is 8. The lowest BCUT2D eigenvalue weighted by Gasteiger charge is -2.26. The minimum atomic E-state index is -1.34. The van der Waals surface area contributed by atoms with Crippen LogP contribution in [0, 0.1) is 5.92 Å². The molecule has 2 heterocycles. The number of hydrogen-bond acceptors (Lipinski definition) is 12. The zero-order valence-electron chi connectivity index (χ0n) is 43.0. The van der Waals surface area contributed by atoms with Gasteiger partial charge in [0.05, 0.1) is 18.9 Å². The lowest BCUT2D eigenvalue weighted by molar-refractivity contribution is -0.134. The first kappa shape index (κ1) is 58.5. The summed E-state index contributed by atoms with van der Waals surface area (Å²) in [6, 6.07) is 12.4. The van der Waals surface area contributed by atoms with Crippen LogP contribution in [-0.2, 0) is 57.6 Å². The molecule has 0 aliphatic rings. The number of para-hydroxylation sites is 1. The van der Waals surface area contributed by atoms with Crippen molar-refractivity contribution in [2.24, 2.45) is 39.6 Å². The number of hydrogen-bond donors (Lipinski definition) is 14. The van der Waals surface area contributed by atoms with Gasteiger partial charge < -0.3 is 75.9 Å². The Morgan fingerprint density at radius 2 is 1.29 bits per heavy atom. The largest absolute Gasteiger partial charge is 0.370 e. The third-order valence-corrected chi connectivity index (χ3v) is 12.6. The van der Waals surface area contributed by atoms with Crippen LogP contribution in [0.3, 0.4) is 0 Å². The molecule has 3 aromatic carbocycles. The molecular formula is C52H72N16O8. The molecule has 0 unspecified atom stereocenters. The summed E-state index contributed by atoms with van der Waals surface area (Å²) in [5, 5.41) is 21.3. The number of nitrogens with two attached hydrogens (primary N) is 5. The van der Waals surface area contributed by atoms with Gasteiger partial charge in [0.15, 0.2) is 5.96 Å². The molecule has 76 heavy (non-hydrogen) atoms. The summed E-state index contributed by atoms with van der Waals surface area (Å²) < 4.78 is 0. The molecule has 0 saturated heterocycles. The molecule has 5 rings (SSSR count). The summed E-state index contributed by atoms with van der Waals surface area (Å²) in [6.45, 7) is 4.58. The molecule has 0 fully saturated rings. The predicted octanol–water partition coefficient (Wildman–Crippen LogP) is -1.23. The molecule has 8 amide bonds. The van der Waals surface area contributed by atoms with E-state index in [0.29, 0.717) is 36.2 Å². The van der Waals surface area contributed by atoms with E-state index in [1.807, 2.05) is 66.7 Å². The van der Waals surface area contributed by atoms with Crippen LogP contribution in [0.4, 0.5) is 0 Å². The number of nitrogens with zero attached hydrogens (tertiary/aromatic N) is 2. The van der Waals surface area contributed by atoms with Crippen molar-refractivity contribution in [1.29, 1.82) is 0 Å². The SMILES string of the molecule is CC(C)[C@H](NC(=O)[C@H](C)NC(=O)[C@H](CCCCN)NC(=O)CNC(=O)[C@H](Cc1c[nH]c2ccccc12)NC(=O)[C@H](CCCN=C(N)N)NC(=O)[C@@H](Cc1ccc2ccccc2c1)NC(=O)[C@@H](N)Cc1cnc[nH]1)C(N)=O. The molecule has 5 aromatic rings. The first-order valence-electron chi connectivity index (χ1n) is 25.2. The summed E-state index contributed by atoms with van der Waals surface area (Å²) in [7, 11) is 0. The van der Waals surface area contributed by atoms with Crippen LogP contribution in [0.2, 0.25) is 0 Å². The molecule has 408 valence electrons. The smallest absolute Gasteiger partial charge is 0.243 e. The normalized spacial score (nSPS) is 14.0. The Hall–Kier alpha value is -8.38. The highest BCUT2D eigenvalue weighted by Crippen LogP contribution is 2.20. The molecule has 19 N–H and O–H groups in total. The van der Waals surface area contributed by atoms with Gasteiger partial charge in [0.25, 0.3) is 0 Å². The van der Waals surface area contributed by atoms with Crippen LogP contribution in [0.5, 0.6) is 0 Å². The first-order chi connectivity index (χ1) is 36.3. The van der Waals surface area contributed by atoms with E-state index in [1.54, 1.807) is 20.0 Å². The number of aromatic nitrogens is 3. The molecule has 0 aliphatic heterocycles. The topological polar surface area (TPSA) is 408 Å². The summed E-state index contributed by atoms with van der Waals surface area (Å²) in [5.74, 6) is -6.30. The number of guanidine groups is 1. The molecular weight excluding hydrogens is 977 g/mol. The van der Waals surface area contributed by atoms with E-state index in [9.17, 15) is 38.4 Å². The number of fused-ring (bicyclic) bond motifs is 2. The van der Waals surface area contributed by atoms with Crippen molar-refractivity contribution in [3.63, 3.8) is 0 Å². The van der Waals surface area contributed by atoms with Crippen molar-refractivity contribution < 1.29 is 38.4 Å². The van der Waals surface area contributed by atoms with Crippen molar-refractivity contribution in [3.8, 4) is 0 Å². The van der Waals surface area contributed by atoms with Crippen molar-refractivity contribution in [2.45, 2.75) is 114 Å². The predicted molar refractivity (Wildman–Crippen MR) is 287 cm³/mol. The second-order valence-corrected chi connectivity index (χ2v) is 19.0. The maximum absolute atomic E-state index is 14.6. The van der Waals surface area contributed by atoms with Gasteiger partial charge in [-0.3, -0.25) is 43.3 Å². The van der Waals surface area contributed by atoms with Crippen LogP contribution in [0.15, 0.2) is 90.4 Å². The van der Waals surface area contributed by atoms with Crippen molar-refractivity contribution in [3.05, 3.63) is 102 Å². The minimum Gasteiger partial charge on any atom is -0.370 e. The average molecular weight is 1050 g/mol. The number of imidazole rings is 1. The highest BCUT2D eigenvalue weighted by Gasteiger charge is 2.33. The molecule has 0 aliphatic carbocycles. The molecule has 24 heteroatoms. The lowest BCUT2D eigenvalue weighted by Crippen LogP contribution is -2.59. The Kier molecular flexibility index (Phi) is 22.3. The number of rotatable bonds is 30. The number of aliphatic imine (C=N–C) groups is 1. The number of carbonyl (C=O) groups is 8.